The summed E-state index contributed by atoms with van der Waals surface area (Å²) in [5, 5.41) is 6.44. The van der Waals surface area contributed by atoms with Crippen LogP contribution in [0.25, 0.3) is 0 Å². The van der Waals surface area contributed by atoms with E-state index in [1.807, 2.05) is 0 Å². The molecule has 0 heterocycles. The summed E-state index contributed by atoms with van der Waals surface area (Å²) in [5.41, 5.74) is 0.361. The molecule has 3 nitrogen and oxygen atoms in total. The Bertz CT molecular complexity index is 332. The van der Waals surface area contributed by atoms with Crippen LogP contribution in [0.1, 0.15) is 0 Å². The van der Waals surface area contributed by atoms with Gasteiger partial charge in [0.2, 0.25) is 0 Å². The standard InChI is InChI=1S/C9H9F3N2O/c1-15-8-4-2-7(3-5-8)14-13-6-9(10,11)12/h2-5H,6H2,1H3. The van der Waals surface area contributed by atoms with Crippen LogP contribution in [0.2, 0.25) is 0 Å². The Morgan fingerprint density at radius 2 is 1.80 bits per heavy atom. The summed E-state index contributed by atoms with van der Waals surface area (Å²) in [7, 11) is 1.50. The van der Waals surface area contributed by atoms with Gasteiger partial charge in [0, 0.05) is 0 Å². The normalized spacial score (nSPS) is 12.0. The van der Waals surface area contributed by atoms with Crippen LogP contribution < -0.4 is 4.74 Å². The third kappa shape index (κ3) is 4.44. The number of azo groups is 1. The predicted molar refractivity (Wildman–Crippen MR) is 48.4 cm³/mol. The number of rotatable bonds is 3. The summed E-state index contributed by atoms with van der Waals surface area (Å²) in [4.78, 5) is 0. The molecule has 0 spiro atoms. The molecule has 0 bridgehead atoms. The summed E-state index contributed by atoms with van der Waals surface area (Å²) in [6.07, 6.45) is -4.31. The molecule has 1 rings (SSSR count). The van der Waals surface area contributed by atoms with Crippen molar-refractivity contribution in [2.75, 3.05) is 13.7 Å². The van der Waals surface area contributed by atoms with Crippen molar-refractivity contribution in [3.05, 3.63) is 24.3 Å². The van der Waals surface area contributed by atoms with Crippen molar-refractivity contribution < 1.29 is 17.9 Å². The number of hydrogen-bond donors (Lipinski definition) is 0. The van der Waals surface area contributed by atoms with Gasteiger partial charge in [-0.3, -0.25) is 0 Å². The molecule has 82 valence electrons. The molecule has 1 aromatic rings. The first-order valence-corrected chi connectivity index (χ1v) is 4.09. The number of hydrogen-bond acceptors (Lipinski definition) is 3. The molecule has 0 aromatic heterocycles. The minimum absolute atomic E-state index is 0.361. The van der Waals surface area contributed by atoms with E-state index in [9.17, 15) is 13.2 Å². The van der Waals surface area contributed by atoms with Crippen LogP contribution in [0.3, 0.4) is 0 Å². The van der Waals surface area contributed by atoms with E-state index in [1.54, 1.807) is 12.1 Å². The van der Waals surface area contributed by atoms with Gasteiger partial charge in [-0.1, -0.05) is 0 Å². The molecule has 0 amide bonds. The van der Waals surface area contributed by atoms with E-state index >= 15 is 0 Å². The zero-order chi connectivity index (χ0) is 11.3. The minimum Gasteiger partial charge on any atom is -0.497 e. The largest absolute Gasteiger partial charge is 0.497 e. The van der Waals surface area contributed by atoms with E-state index in [0.29, 0.717) is 11.4 Å². The molecule has 0 fully saturated rings. The number of ether oxygens (including phenoxy) is 1. The second-order valence-electron chi connectivity index (χ2n) is 2.71. The molecule has 0 aliphatic carbocycles. The van der Waals surface area contributed by atoms with E-state index < -0.39 is 12.7 Å². The Kier molecular flexibility index (Phi) is 3.65. The van der Waals surface area contributed by atoms with Crippen molar-refractivity contribution in [1.82, 2.24) is 0 Å². The van der Waals surface area contributed by atoms with Gasteiger partial charge in [-0.15, -0.1) is 0 Å². The average molecular weight is 218 g/mol. The van der Waals surface area contributed by atoms with Crippen LogP contribution in [0.5, 0.6) is 5.75 Å². The number of alkyl halides is 3. The van der Waals surface area contributed by atoms with Crippen molar-refractivity contribution >= 4 is 5.69 Å². The predicted octanol–water partition coefficient (Wildman–Crippen LogP) is 3.34. The lowest BCUT2D eigenvalue weighted by Crippen LogP contribution is -2.10. The van der Waals surface area contributed by atoms with Crippen LogP contribution in [0, 0.1) is 0 Å². The molecule has 0 saturated carbocycles. The Morgan fingerprint density at radius 1 is 1.20 bits per heavy atom. The molecule has 0 atom stereocenters. The van der Waals surface area contributed by atoms with Crippen molar-refractivity contribution in [3.8, 4) is 5.75 Å². The highest BCUT2D eigenvalue weighted by Gasteiger charge is 2.26. The Balaban J connectivity index is 2.57. The highest BCUT2D eigenvalue weighted by atomic mass is 19.4. The second-order valence-corrected chi connectivity index (χ2v) is 2.71. The number of nitrogens with zero attached hydrogens (tertiary/aromatic N) is 2. The zero-order valence-electron chi connectivity index (χ0n) is 7.95. The van der Waals surface area contributed by atoms with Gasteiger partial charge >= 0.3 is 6.18 Å². The fourth-order valence-electron chi connectivity index (χ4n) is 0.846. The average Bonchev–Trinajstić information content (AvgIpc) is 2.17. The highest BCUT2D eigenvalue weighted by Crippen LogP contribution is 2.19. The fraction of sp³-hybridized carbons (Fsp3) is 0.333. The molecule has 0 aliphatic heterocycles. The van der Waals surface area contributed by atoms with Crippen molar-refractivity contribution in [1.29, 1.82) is 0 Å². The molecule has 0 radical (unpaired) electrons. The third-order valence-corrected chi connectivity index (χ3v) is 1.51. The number of methoxy groups -OCH3 is 1. The number of benzene rings is 1. The maximum absolute atomic E-state index is 11.7. The molecule has 15 heavy (non-hydrogen) atoms. The van der Waals surface area contributed by atoms with Crippen LogP contribution >= 0.6 is 0 Å². The first-order chi connectivity index (χ1) is 7.01. The maximum Gasteiger partial charge on any atom is 0.409 e. The molecule has 0 N–H and O–H groups in total. The molecular weight excluding hydrogens is 209 g/mol. The van der Waals surface area contributed by atoms with Gasteiger partial charge < -0.3 is 4.74 Å². The molecule has 0 unspecified atom stereocenters. The van der Waals surface area contributed by atoms with Gasteiger partial charge in [-0.05, 0) is 24.3 Å². The summed E-state index contributed by atoms with van der Waals surface area (Å²) < 4.78 is 40.0. The van der Waals surface area contributed by atoms with Gasteiger partial charge in [0.1, 0.15) is 5.75 Å². The van der Waals surface area contributed by atoms with E-state index in [2.05, 4.69) is 10.2 Å². The zero-order valence-corrected chi connectivity index (χ0v) is 7.95. The minimum atomic E-state index is -4.31. The summed E-state index contributed by atoms with van der Waals surface area (Å²) in [6.45, 7) is -1.26. The molecule has 1 aromatic carbocycles. The Morgan fingerprint density at radius 3 is 2.27 bits per heavy atom. The van der Waals surface area contributed by atoms with Gasteiger partial charge in [0.25, 0.3) is 0 Å². The lowest BCUT2D eigenvalue weighted by molar-refractivity contribution is -0.119. The van der Waals surface area contributed by atoms with E-state index in [4.69, 9.17) is 4.74 Å². The monoisotopic (exact) mass is 218 g/mol. The fourth-order valence-corrected chi connectivity index (χ4v) is 0.846. The molecule has 0 saturated heterocycles. The van der Waals surface area contributed by atoms with Crippen LogP contribution in [-0.2, 0) is 0 Å². The molecular formula is C9H9F3N2O. The summed E-state index contributed by atoms with van der Waals surface area (Å²) >= 11 is 0. The van der Waals surface area contributed by atoms with Crippen LogP contribution in [-0.4, -0.2) is 19.8 Å². The van der Waals surface area contributed by atoms with Gasteiger partial charge in [0.15, 0.2) is 6.54 Å². The lowest BCUT2D eigenvalue weighted by Gasteiger charge is -2.00. The first kappa shape index (κ1) is 11.5. The topological polar surface area (TPSA) is 34.0 Å². The smallest absolute Gasteiger partial charge is 0.409 e. The Hall–Kier alpha value is -1.59. The maximum atomic E-state index is 11.7. The van der Waals surface area contributed by atoms with Gasteiger partial charge in [0.05, 0.1) is 12.8 Å². The quantitative estimate of drug-likeness (QED) is 0.716. The summed E-state index contributed by atoms with van der Waals surface area (Å²) in [6, 6.07) is 6.25. The molecule has 0 aliphatic rings. The van der Waals surface area contributed by atoms with Crippen molar-refractivity contribution in [2.45, 2.75) is 6.18 Å². The SMILES string of the molecule is COc1ccc(N=NCC(F)(F)F)cc1. The Labute approximate surface area is 84.6 Å². The van der Waals surface area contributed by atoms with E-state index in [0.717, 1.165) is 0 Å². The lowest BCUT2D eigenvalue weighted by atomic mass is 10.3. The van der Waals surface area contributed by atoms with E-state index in [-0.39, 0.29) is 0 Å². The number of halogens is 3. The summed E-state index contributed by atoms with van der Waals surface area (Å²) in [5.74, 6) is 0.616. The van der Waals surface area contributed by atoms with Gasteiger partial charge in [-0.2, -0.15) is 23.4 Å². The van der Waals surface area contributed by atoms with Crippen LogP contribution in [0.15, 0.2) is 34.5 Å². The van der Waals surface area contributed by atoms with Crippen molar-refractivity contribution in [3.63, 3.8) is 0 Å². The second kappa shape index (κ2) is 4.77. The molecule has 6 heteroatoms. The first-order valence-electron chi connectivity index (χ1n) is 4.09. The third-order valence-electron chi connectivity index (χ3n) is 1.51. The van der Waals surface area contributed by atoms with E-state index in [1.165, 1.54) is 19.2 Å². The van der Waals surface area contributed by atoms with Crippen LogP contribution in [0.4, 0.5) is 18.9 Å². The highest BCUT2D eigenvalue weighted by molar-refractivity contribution is 5.40. The van der Waals surface area contributed by atoms with Gasteiger partial charge in [-0.25, -0.2) is 0 Å². The van der Waals surface area contributed by atoms with Crippen molar-refractivity contribution in [2.24, 2.45) is 10.2 Å².